The number of piperazine rings is 1. The van der Waals surface area contributed by atoms with Gasteiger partial charge in [-0.05, 0) is 30.0 Å². The lowest BCUT2D eigenvalue weighted by Gasteiger charge is -2.36. The van der Waals surface area contributed by atoms with Gasteiger partial charge in [0, 0.05) is 32.2 Å². The first-order chi connectivity index (χ1) is 9.61. The largest absolute Gasteiger partial charge is 0.494 e. The van der Waals surface area contributed by atoms with E-state index in [0.717, 1.165) is 38.2 Å². The third kappa shape index (κ3) is 4.83. The first-order valence-corrected chi connectivity index (χ1v) is 7.40. The summed E-state index contributed by atoms with van der Waals surface area (Å²) in [5, 5.41) is 3.37. The molecule has 0 unspecified atom stereocenters. The number of methoxy groups -OCH3 is 1. The highest BCUT2D eigenvalue weighted by molar-refractivity contribution is 5.85. The molecule has 5 heteroatoms. The number of hydrogen-bond acceptors (Lipinski definition) is 3. The van der Waals surface area contributed by atoms with E-state index < -0.39 is 0 Å². The van der Waals surface area contributed by atoms with Gasteiger partial charge in [0.05, 0.1) is 7.11 Å². The third-order valence-corrected chi connectivity index (χ3v) is 3.85. The summed E-state index contributed by atoms with van der Waals surface area (Å²) in [5.41, 5.74) is 1.05. The van der Waals surface area contributed by atoms with E-state index in [1.807, 2.05) is 6.07 Å². The van der Waals surface area contributed by atoms with Crippen LogP contribution in [0.5, 0.6) is 5.75 Å². The van der Waals surface area contributed by atoms with E-state index in [1.165, 1.54) is 7.11 Å². The van der Waals surface area contributed by atoms with E-state index in [1.54, 1.807) is 12.1 Å². The molecule has 1 heterocycles. The summed E-state index contributed by atoms with van der Waals surface area (Å²) in [7, 11) is 1.50. The van der Waals surface area contributed by atoms with Crippen LogP contribution in [-0.4, -0.2) is 38.2 Å². The molecule has 0 spiro atoms. The minimum Gasteiger partial charge on any atom is -0.494 e. The second-order valence-corrected chi connectivity index (χ2v) is 5.83. The lowest BCUT2D eigenvalue weighted by molar-refractivity contribution is 0.153. The molecule has 1 aromatic carbocycles. The van der Waals surface area contributed by atoms with E-state index >= 15 is 0 Å². The Labute approximate surface area is 133 Å². The maximum Gasteiger partial charge on any atom is 0.165 e. The first kappa shape index (κ1) is 18.2. The van der Waals surface area contributed by atoms with E-state index in [2.05, 4.69) is 24.1 Å². The number of nitrogens with one attached hydrogen (secondary N) is 1. The van der Waals surface area contributed by atoms with Crippen molar-refractivity contribution in [3.63, 3.8) is 0 Å². The minimum atomic E-state index is -0.270. The number of halogens is 2. The molecule has 0 aliphatic carbocycles. The Hall–Kier alpha value is -0.840. The Morgan fingerprint density at radius 3 is 2.48 bits per heavy atom. The van der Waals surface area contributed by atoms with E-state index in [0.29, 0.717) is 11.7 Å². The molecule has 1 N–H and O–H groups in total. The van der Waals surface area contributed by atoms with Crippen molar-refractivity contribution in [2.45, 2.75) is 26.3 Å². The molecule has 0 bridgehead atoms. The molecule has 3 nitrogen and oxygen atoms in total. The molecular weight excluding hydrogens is 291 g/mol. The molecule has 1 fully saturated rings. The van der Waals surface area contributed by atoms with E-state index in [-0.39, 0.29) is 24.3 Å². The van der Waals surface area contributed by atoms with Gasteiger partial charge in [-0.3, -0.25) is 4.90 Å². The quantitative estimate of drug-likeness (QED) is 0.902. The van der Waals surface area contributed by atoms with Gasteiger partial charge < -0.3 is 10.1 Å². The Morgan fingerprint density at radius 1 is 1.29 bits per heavy atom. The highest BCUT2D eigenvalue weighted by Crippen LogP contribution is 2.30. The zero-order chi connectivity index (χ0) is 14.5. The molecular formula is C16H26ClFN2O. The fourth-order valence-electron chi connectivity index (χ4n) is 2.83. The van der Waals surface area contributed by atoms with Crippen LogP contribution in [0.4, 0.5) is 4.39 Å². The Kier molecular flexibility index (Phi) is 7.43. The maximum atomic E-state index is 14.0. The topological polar surface area (TPSA) is 24.5 Å². The smallest absolute Gasteiger partial charge is 0.165 e. The van der Waals surface area contributed by atoms with Gasteiger partial charge in [0.25, 0.3) is 0 Å². The van der Waals surface area contributed by atoms with Gasteiger partial charge in [-0.25, -0.2) is 4.39 Å². The van der Waals surface area contributed by atoms with Gasteiger partial charge in [0.1, 0.15) is 0 Å². The molecule has 2 rings (SSSR count). The summed E-state index contributed by atoms with van der Waals surface area (Å²) in [6, 6.07) is 5.66. The van der Waals surface area contributed by atoms with E-state index in [9.17, 15) is 4.39 Å². The molecule has 21 heavy (non-hydrogen) atoms. The van der Waals surface area contributed by atoms with Crippen molar-refractivity contribution in [2.75, 3.05) is 33.3 Å². The van der Waals surface area contributed by atoms with Crippen molar-refractivity contribution in [2.24, 2.45) is 5.92 Å². The Bertz CT molecular complexity index is 436. The van der Waals surface area contributed by atoms with Crippen LogP contribution >= 0.6 is 12.4 Å². The molecule has 0 amide bonds. The fourth-order valence-corrected chi connectivity index (χ4v) is 2.83. The van der Waals surface area contributed by atoms with Gasteiger partial charge in [-0.1, -0.05) is 19.9 Å². The maximum absolute atomic E-state index is 14.0. The molecule has 1 aromatic rings. The molecule has 1 atom stereocenters. The van der Waals surface area contributed by atoms with Crippen LogP contribution < -0.4 is 10.1 Å². The van der Waals surface area contributed by atoms with Crippen LogP contribution in [0.15, 0.2) is 18.2 Å². The summed E-state index contributed by atoms with van der Waals surface area (Å²) in [5.74, 6) is 0.631. The average Bonchev–Trinajstić information content (AvgIpc) is 2.45. The Balaban J connectivity index is 0.00000220. The Morgan fingerprint density at radius 2 is 1.95 bits per heavy atom. The standard InChI is InChI=1S/C16H25FN2O.ClH/c1-12(2)10-15(19-8-6-18-7-9-19)13-4-5-16(20-3)14(17)11-13;/h4-5,11-12,15,18H,6-10H2,1-3H3;1H/t15-;/m1./s1. The van der Waals surface area contributed by atoms with Crippen molar-refractivity contribution in [3.8, 4) is 5.75 Å². The molecule has 0 aromatic heterocycles. The fraction of sp³-hybridized carbons (Fsp3) is 0.625. The van der Waals surface area contributed by atoms with Gasteiger partial charge in [-0.15, -0.1) is 12.4 Å². The molecule has 1 aliphatic rings. The lowest BCUT2D eigenvalue weighted by atomic mass is 9.95. The summed E-state index contributed by atoms with van der Waals surface area (Å²) in [6.07, 6.45) is 1.05. The lowest BCUT2D eigenvalue weighted by Crippen LogP contribution is -2.45. The monoisotopic (exact) mass is 316 g/mol. The zero-order valence-electron chi connectivity index (χ0n) is 13.1. The number of nitrogens with zero attached hydrogens (tertiary/aromatic N) is 1. The second-order valence-electron chi connectivity index (χ2n) is 5.83. The van der Waals surface area contributed by atoms with Crippen LogP contribution in [0.3, 0.4) is 0 Å². The van der Waals surface area contributed by atoms with Gasteiger partial charge in [0.15, 0.2) is 11.6 Å². The highest BCUT2D eigenvalue weighted by atomic mass is 35.5. The normalized spacial score (nSPS) is 17.4. The molecule has 120 valence electrons. The average molecular weight is 317 g/mol. The zero-order valence-corrected chi connectivity index (χ0v) is 13.9. The number of benzene rings is 1. The predicted octanol–water partition coefficient (Wildman–Crippen LogP) is 3.25. The number of ether oxygens (including phenoxy) is 1. The minimum absolute atomic E-state index is 0. The van der Waals surface area contributed by atoms with Crippen LogP contribution in [0.1, 0.15) is 31.9 Å². The summed E-state index contributed by atoms with van der Waals surface area (Å²) >= 11 is 0. The van der Waals surface area contributed by atoms with Crippen molar-refractivity contribution in [3.05, 3.63) is 29.6 Å². The SMILES string of the molecule is COc1ccc([C@@H](CC(C)C)N2CCNCC2)cc1F.Cl. The number of hydrogen-bond donors (Lipinski definition) is 1. The van der Waals surface area contributed by atoms with E-state index in [4.69, 9.17) is 4.74 Å². The highest BCUT2D eigenvalue weighted by Gasteiger charge is 2.23. The van der Waals surface area contributed by atoms with Crippen molar-refractivity contribution in [1.29, 1.82) is 0 Å². The molecule has 0 radical (unpaired) electrons. The van der Waals surface area contributed by atoms with Gasteiger partial charge >= 0.3 is 0 Å². The van der Waals surface area contributed by atoms with Crippen LogP contribution in [0.2, 0.25) is 0 Å². The second kappa shape index (κ2) is 8.57. The van der Waals surface area contributed by atoms with Crippen molar-refractivity contribution < 1.29 is 9.13 Å². The predicted molar refractivity (Wildman–Crippen MR) is 86.8 cm³/mol. The first-order valence-electron chi connectivity index (χ1n) is 7.40. The third-order valence-electron chi connectivity index (χ3n) is 3.85. The summed E-state index contributed by atoms with van der Waals surface area (Å²) in [4.78, 5) is 2.46. The molecule has 0 saturated carbocycles. The number of rotatable bonds is 5. The van der Waals surface area contributed by atoms with Gasteiger partial charge in [0.2, 0.25) is 0 Å². The summed E-state index contributed by atoms with van der Waals surface area (Å²) in [6.45, 7) is 8.49. The van der Waals surface area contributed by atoms with Crippen LogP contribution in [-0.2, 0) is 0 Å². The molecule has 1 aliphatic heterocycles. The summed E-state index contributed by atoms with van der Waals surface area (Å²) < 4.78 is 19.0. The van der Waals surface area contributed by atoms with Crippen molar-refractivity contribution >= 4 is 12.4 Å². The van der Waals surface area contributed by atoms with Crippen LogP contribution in [0.25, 0.3) is 0 Å². The van der Waals surface area contributed by atoms with Gasteiger partial charge in [-0.2, -0.15) is 0 Å². The van der Waals surface area contributed by atoms with Crippen LogP contribution in [0, 0.1) is 11.7 Å². The molecule has 1 saturated heterocycles. The van der Waals surface area contributed by atoms with Crippen molar-refractivity contribution in [1.82, 2.24) is 10.2 Å².